The molecule has 1 N–H and O–H groups in total. The SMILES string of the molecule is Cc1ccc(N2CCN(CCCO)CC2)cc1. The maximum absolute atomic E-state index is 8.82. The summed E-state index contributed by atoms with van der Waals surface area (Å²) in [6, 6.07) is 8.76. The van der Waals surface area contributed by atoms with Crippen molar-refractivity contribution in [3.63, 3.8) is 0 Å². The van der Waals surface area contributed by atoms with Crippen LogP contribution in [0.25, 0.3) is 0 Å². The number of aliphatic hydroxyl groups is 1. The molecule has 1 fully saturated rings. The first-order chi connectivity index (χ1) is 8.29. The molecule has 3 heteroatoms. The second-order valence-electron chi connectivity index (χ2n) is 4.74. The zero-order valence-corrected chi connectivity index (χ0v) is 10.6. The number of nitrogens with zero attached hydrogens (tertiary/aromatic N) is 2. The van der Waals surface area contributed by atoms with E-state index in [1.807, 2.05) is 0 Å². The molecule has 2 rings (SSSR count). The standard InChI is InChI=1S/C14H22N2O/c1-13-3-5-14(6-4-13)16-10-8-15(9-11-16)7-2-12-17/h3-6,17H,2,7-12H2,1H3. The van der Waals surface area contributed by atoms with Crippen LogP contribution in [0.15, 0.2) is 24.3 Å². The van der Waals surface area contributed by atoms with Gasteiger partial charge in [0.25, 0.3) is 0 Å². The highest BCUT2D eigenvalue weighted by Gasteiger charge is 2.16. The highest BCUT2D eigenvalue weighted by Crippen LogP contribution is 2.16. The van der Waals surface area contributed by atoms with Gasteiger partial charge in [-0.25, -0.2) is 0 Å². The predicted octanol–water partition coefficient (Wildman–Crippen LogP) is 1.50. The third-order valence-electron chi connectivity index (χ3n) is 3.40. The van der Waals surface area contributed by atoms with Crippen LogP contribution >= 0.6 is 0 Å². The van der Waals surface area contributed by atoms with E-state index in [2.05, 4.69) is 41.0 Å². The first-order valence-corrected chi connectivity index (χ1v) is 6.44. The van der Waals surface area contributed by atoms with E-state index in [1.165, 1.54) is 11.3 Å². The van der Waals surface area contributed by atoms with E-state index in [0.29, 0.717) is 6.61 Å². The molecule has 1 aromatic rings. The van der Waals surface area contributed by atoms with E-state index in [9.17, 15) is 0 Å². The molecule has 94 valence electrons. The van der Waals surface area contributed by atoms with E-state index in [-0.39, 0.29) is 0 Å². The van der Waals surface area contributed by atoms with Crippen LogP contribution in [0.2, 0.25) is 0 Å². The smallest absolute Gasteiger partial charge is 0.0443 e. The van der Waals surface area contributed by atoms with Crippen molar-refractivity contribution < 1.29 is 5.11 Å². The van der Waals surface area contributed by atoms with Gasteiger partial charge in [0, 0.05) is 45.0 Å². The summed E-state index contributed by atoms with van der Waals surface area (Å²) in [5.41, 5.74) is 2.65. The monoisotopic (exact) mass is 234 g/mol. The van der Waals surface area contributed by atoms with Gasteiger partial charge in [-0.1, -0.05) is 17.7 Å². The molecule has 0 radical (unpaired) electrons. The third-order valence-corrected chi connectivity index (χ3v) is 3.40. The van der Waals surface area contributed by atoms with Crippen molar-refractivity contribution in [2.75, 3.05) is 44.2 Å². The fourth-order valence-corrected chi connectivity index (χ4v) is 2.28. The van der Waals surface area contributed by atoms with Crippen LogP contribution < -0.4 is 4.90 Å². The van der Waals surface area contributed by atoms with Gasteiger partial charge in [-0.15, -0.1) is 0 Å². The average molecular weight is 234 g/mol. The Kier molecular flexibility index (Phi) is 4.40. The Labute approximate surface area is 104 Å². The van der Waals surface area contributed by atoms with Crippen molar-refractivity contribution >= 4 is 5.69 Å². The maximum Gasteiger partial charge on any atom is 0.0443 e. The van der Waals surface area contributed by atoms with Crippen molar-refractivity contribution in [2.45, 2.75) is 13.3 Å². The van der Waals surface area contributed by atoms with E-state index in [4.69, 9.17) is 5.11 Å². The minimum atomic E-state index is 0.304. The van der Waals surface area contributed by atoms with Gasteiger partial charge in [0.1, 0.15) is 0 Å². The Balaban J connectivity index is 1.84. The highest BCUT2D eigenvalue weighted by atomic mass is 16.3. The van der Waals surface area contributed by atoms with Crippen molar-refractivity contribution in [3.05, 3.63) is 29.8 Å². The predicted molar refractivity (Wildman–Crippen MR) is 71.5 cm³/mol. The summed E-state index contributed by atoms with van der Waals surface area (Å²) >= 11 is 0. The van der Waals surface area contributed by atoms with Gasteiger partial charge in [0.2, 0.25) is 0 Å². The molecule has 1 heterocycles. The summed E-state index contributed by atoms with van der Waals surface area (Å²) in [6.45, 7) is 7.84. The molecule has 1 saturated heterocycles. The van der Waals surface area contributed by atoms with Crippen LogP contribution in [-0.2, 0) is 0 Å². The lowest BCUT2D eigenvalue weighted by Crippen LogP contribution is -2.46. The topological polar surface area (TPSA) is 26.7 Å². The summed E-state index contributed by atoms with van der Waals surface area (Å²) in [5.74, 6) is 0. The maximum atomic E-state index is 8.82. The average Bonchev–Trinajstić information content (AvgIpc) is 2.38. The molecule has 0 aliphatic carbocycles. The Morgan fingerprint density at radius 3 is 2.29 bits per heavy atom. The summed E-state index contributed by atoms with van der Waals surface area (Å²) in [7, 11) is 0. The molecule has 1 aliphatic rings. The molecule has 3 nitrogen and oxygen atoms in total. The Morgan fingerprint density at radius 2 is 1.71 bits per heavy atom. The second-order valence-corrected chi connectivity index (χ2v) is 4.74. The molecule has 1 aliphatic heterocycles. The highest BCUT2D eigenvalue weighted by molar-refractivity contribution is 5.47. The Hall–Kier alpha value is -1.06. The third kappa shape index (κ3) is 3.45. The van der Waals surface area contributed by atoms with Crippen LogP contribution in [-0.4, -0.2) is 49.3 Å². The fraction of sp³-hybridized carbons (Fsp3) is 0.571. The second kappa shape index (κ2) is 6.03. The normalized spacial score (nSPS) is 17.4. The largest absolute Gasteiger partial charge is 0.396 e. The molecule has 0 bridgehead atoms. The number of rotatable bonds is 4. The molecule has 1 aromatic carbocycles. The molecule has 0 spiro atoms. The van der Waals surface area contributed by atoms with Crippen LogP contribution in [0.1, 0.15) is 12.0 Å². The summed E-state index contributed by atoms with van der Waals surface area (Å²) in [5, 5.41) is 8.82. The zero-order chi connectivity index (χ0) is 12.1. The minimum Gasteiger partial charge on any atom is -0.396 e. The number of hydrogen-bond donors (Lipinski definition) is 1. The molecule has 0 saturated carbocycles. The molecular formula is C14H22N2O. The molecule has 0 aromatic heterocycles. The first kappa shape index (κ1) is 12.4. The number of anilines is 1. The van der Waals surface area contributed by atoms with Crippen molar-refractivity contribution in [2.24, 2.45) is 0 Å². The summed E-state index contributed by atoms with van der Waals surface area (Å²) in [6.07, 6.45) is 0.893. The number of hydrogen-bond acceptors (Lipinski definition) is 3. The fourth-order valence-electron chi connectivity index (χ4n) is 2.28. The Bertz CT molecular complexity index is 329. The summed E-state index contributed by atoms with van der Waals surface area (Å²) < 4.78 is 0. The quantitative estimate of drug-likeness (QED) is 0.855. The molecule has 0 amide bonds. The van der Waals surface area contributed by atoms with Crippen LogP contribution in [0.5, 0.6) is 0 Å². The lowest BCUT2D eigenvalue weighted by Gasteiger charge is -2.36. The van der Waals surface area contributed by atoms with E-state index in [1.54, 1.807) is 0 Å². The lowest BCUT2D eigenvalue weighted by molar-refractivity contribution is 0.216. The minimum absolute atomic E-state index is 0.304. The van der Waals surface area contributed by atoms with Gasteiger partial charge in [-0.3, -0.25) is 4.90 Å². The number of benzene rings is 1. The molecule has 0 atom stereocenters. The summed E-state index contributed by atoms with van der Waals surface area (Å²) in [4.78, 5) is 4.87. The first-order valence-electron chi connectivity index (χ1n) is 6.44. The van der Waals surface area contributed by atoms with Gasteiger partial charge < -0.3 is 10.0 Å². The molecule has 17 heavy (non-hydrogen) atoms. The Morgan fingerprint density at radius 1 is 1.06 bits per heavy atom. The van der Waals surface area contributed by atoms with Gasteiger partial charge in [0.15, 0.2) is 0 Å². The van der Waals surface area contributed by atoms with Gasteiger partial charge >= 0.3 is 0 Å². The van der Waals surface area contributed by atoms with Gasteiger partial charge in [-0.05, 0) is 25.5 Å². The zero-order valence-electron chi connectivity index (χ0n) is 10.6. The number of piperazine rings is 1. The van der Waals surface area contributed by atoms with E-state index >= 15 is 0 Å². The van der Waals surface area contributed by atoms with E-state index < -0.39 is 0 Å². The van der Waals surface area contributed by atoms with Crippen molar-refractivity contribution in [1.82, 2.24) is 4.90 Å². The van der Waals surface area contributed by atoms with E-state index in [0.717, 1.165) is 39.1 Å². The molecule has 0 unspecified atom stereocenters. The van der Waals surface area contributed by atoms with Crippen LogP contribution in [0.4, 0.5) is 5.69 Å². The van der Waals surface area contributed by atoms with Crippen LogP contribution in [0, 0.1) is 6.92 Å². The van der Waals surface area contributed by atoms with Gasteiger partial charge in [-0.2, -0.15) is 0 Å². The van der Waals surface area contributed by atoms with Crippen molar-refractivity contribution in [3.8, 4) is 0 Å². The van der Waals surface area contributed by atoms with Crippen LogP contribution in [0.3, 0.4) is 0 Å². The van der Waals surface area contributed by atoms with Crippen molar-refractivity contribution in [1.29, 1.82) is 0 Å². The molecular weight excluding hydrogens is 212 g/mol. The number of aryl methyl sites for hydroxylation is 1. The lowest BCUT2D eigenvalue weighted by atomic mass is 10.2. The van der Waals surface area contributed by atoms with Gasteiger partial charge in [0.05, 0.1) is 0 Å². The number of aliphatic hydroxyl groups excluding tert-OH is 1.